The molecule has 3 nitrogen and oxygen atoms in total. The molecule has 1 heterocycles. The van der Waals surface area contributed by atoms with Crippen LogP contribution in [0.2, 0.25) is 0 Å². The maximum absolute atomic E-state index is 12.7. The van der Waals surface area contributed by atoms with Gasteiger partial charge in [0.2, 0.25) is 5.91 Å². The standard InChI is InChI=1S/C19H22N2O/c1-4-9-16(6-3)21(12-5-2)19(22)13-15-14-20-18-11-8-7-10-17(15)18/h3,7-11,14,20H,4-5,12-13H2,1-2H3/b16-9+. The third-order valence-electron chi connectivity index (χ3n) is 3.60. The van der Waals surface area contributed by atoms with Crippen molar-refractivity contribution < 1.29 is 4.79 Å². The molecular weight excluding hydrogens is 272 g/mol. The van der Waals surface area contributed by atoms with E-state index in [2.05, 4.69) is 10.9 Å². The fraction of sp³-hybridized carbons (Fsp3) is 0.316. The molecule has 0 bridgehead atoms. The number of rotatable bonds is 6. The average molecular weight is 294 g/mol. The van der Waals surface area contributed by atoms with Gasteiger partial charge in [0.1, 0.15) is 0 Å². The number of H-pyrrole nitrogens is 1. The Morgan fingerprint density at radius 2 is 2.14 bits per heavy atom. The second kappa shape index (κ2) is 7.51. The van der Waals surface area contributed by atoms with Crippen molar-refractivity contribution in [2.75, 3.05) is 6.54 Å². The maximum Gasteiger partial charge on any atom is 0.231 e. The molecule has 0 fully saturated rings. The predicted molar refractivity (Wildman–Crippen MR) is 91.2 cm³/mol. The highest BCUT2D eigenvalue weighted by Crippen LogP contribution is 2.19. The zero-order valence-electron chi connectivity index (χ0n) is 13.2. The Labute approximate surface area is 132 Å². The van der Waals surface area contributed by atoms with Crippen LogP contribution in [0, 0.1) is 12.3 Å². The Morgan fingerprint density at radius 3 is 2.82 bits per heavy atom. The zero-order chi connectivity index (χ0) is 15.9. The van der Waals surface area contributed by atoms with Gasteiger partial charge in [-0.25, -0.2) is 0 Å². The topological polar surface area (TPSA) is 36.1 Å². The molecule has 0 unspecified atom stereocenters. The summed E-state index contributed by atoms with van der Waals surface area (Å²) >= 11 is 0. The molecule has 0 radical (unpaired) electrons. The molecule has 1 aromatic heterocycles. The number of allylic oxidation sites excluding steroid dienone is 2. The van der Waals surface area contributed by atoms with Crippen molar-refractivity contribution in [1.82, 2.24) is 9.88 Å². The zero-order valence-corrected chi connectivity index (χ0v) is 13.2. The van der Waals surface area contributed by atoms with E-state index in [9.17, 15) is 4.79 Å². The fourth-order valence-electron chi connectivity index (χ4n) is 2.58. The number of amides is 1. The molecule has 1 aromatic carbocycles. The summed E-state index contributed by atoms with van der Waals surface area (Å²) in [5, 5.41) is 1.09. The third-order valence-corrected chi connectivity index (χ3v) is 3.60. The van der Waals surface area contributed by atoms with Gasteiger partial charge in [-0.3, -0.25) is 4.79 Å². The minimum absolute atomic E-state index is 0.0456. The van der Waals surface area contributed by atoms with E-state index in [0.29, 0.717) is 18.7 Å². The largest absolute Gasteiger partial charge is 0.361 e. The van der Waals surface area contributed by atoms with Crippen molar-refractivity contribution in [3.8, 4) is 12.3 Å². The van der Waals surface area contributed by atoms with E-state index in [-0.39, 0.29) is 5.91 Å². The lowest BCUT2D eigenvalue weighted by Crippen LogP contribution is -2.32. The summed E-state index contributed by atoms with van der Waals surface area (Å²) in [6, 6.07) is 8.01. The number of terminal acetylenes is 1. The molecule has 1 amide bonds. The molecule has 0 aliphatic rings. The number of aromatic nitrogens is 1. The summed E-state index contributed by atoms with van der Waals surface area (Å²) in [6.07, 6.45) is 11.5. The summed E-state index contributed by atoms with van der Waals surface area (Å²) in [6.45, 7) is 4.72. The van der Waals surface area contributed by atoms with Crippen molar-refractivity contribution in [3.05, 3.63) is 47.8 Å². The van der Waals surface area contributed by atoms with Gasteiger partial charge in [0, 0.05) is 23.6 Å². The van der Waals surface area contributed by atoms with Gasteiger partial charge in [-0.2, -0.15) is 0 Å². The number of nitrogens with one attached hydrogen (secondary N) is 1. The summed E-state index contributed by atoms with van der Waals surface area (Å²) < 4.78 is 0. The van der Waals surface area contributed by atoms with Crippen LogP contribution >= 0.6 is 0 Å². The van der Waals surface area contributed by atoms with E-state index in [0.717, 1.165) is 29.3 Å². The lowest BCUT2D eigenvalue weighted by molar-refractivity contribution is -0.128. The number of carbonyl (C=O) groups is 1. The third kappa shape index (κ3) is 3.40. The highest BCUT2D eigenvalue weighted by atomic mass is 16.2. The van der Waals surface area contributed by atoms with Crippen molar-refractivity contribution in [2.24, 2.45) is 0 Å². The molecule has 114 valence electrons. The van der Waals surface area contributed by atoms with Gasteiger partial charge in [-0.05, 0) is 24.5 Å². The number of benzene rings is 1. The molecule has 2 rings (SSSR count). The minimum Gasteiger partial charge on any atom is -0.361 e. The van der Waals surface area contributed by atoms with Crippen molar-refractivity contribution >= 4 is 16.8 Å². The lowest BCUT2D eigenvalue weighted by atomic mass is 10.1. The molecule has 0 saturated heterocycles. The van der Waals surface area contributed by atoms with E-state index >= 15 is 0 Å². The summed E-state index contributed by atoms with van der Waals surface area (Å²) in [5.74, 6) is 2.69. The Kier molecular flexibility index (Phi) is 5.43. The van der Waals surface area contributed by atoms with Gasteiger partial charge in [0.25, 0.3) is 0 Å². The molecule has 0 saturated carbocycles. The van der Waals surface area contributed by atoms with Gasteiger partial charge in [0.15, 0.2) is 0 Å². The first kappa shape index (κ1) is 15.9. The first-order chi connectivity index (χ1) is 10.7. The van der Waals surface area contributed by atoms with Crippen LogP contribution in [0.4, 0.5) is 0 Å². The SMILES string of the molecule is C#C/C(=C\CC)N(CCC)C(=O)Cc1c[nH]c2ccccc12. The van der Waals surface area contributed by atoms with Crippen LogP contribution < -0.4 is 0 Å². The predicted octanol–water partition coefficient (Wildman–Crippen LogP) is 3.88. The van der Waals surface area contributed by atoms with Crippen molar-refractivity contribution in [1.29, 1.82) is 0 Å². The first-order valence-corrected chi connectivity index (χ1v) is 7.73. The van der Waals surface area contributed by atoms with Crippen molar-refractivity contribution in [2.45, 2.75) is 33.1 Å². The average Bonchev–Trinajstić information content (AvgIpc) is 2.94. The van der Waals surface area contributed by atoms with E-state index in [4.69, 9.17) is 6.42 Å². The van der Waals surface area contributed by atoms with Gasteiger partial charge >= 0.3 is 0 Å². The lowest BCUT2D eigenvalue weighted by Gasteiger charge is -2.22. The number of aromatic amines is 1. The number of para-hydroxylation sites is 1. The highest BCUT2D eigenvalue weighted by molar-refractivity contribution is 5.89. The van der Waals surface area contributed by atoms with E-state index in [1.165, 1.54) is 0 Å². The summed E-state index contributed by atoms with van der Waals surface area (Å²) in [5.41, 5.74) is 2.73. The molecule has 1 N–H and O–H groups in total. The van der Waals surface area contributed by atoms with Gasteiger partial charge in [-0.15, -0.1) is 6.42 Å². The molecular formula is C19H22N2O. The van der Waals surface area contributed by atoms with Gasteiger partial charge in [0.05, 0.1) is 12.1 Å². The quantitative estimate of drug-likeness (QED) is 0.806. The Balaban J connectivity index is 2.25. The number of carbonyl (C=O) groups excluding carboxylic acids is 1. The van der Waals surface area contributed by atoms with Crippen LogP contribution in [0.3, 0.4) is 0 Å². The monoisotopic (exact) mass is 294 g/mol. The van der Waals surface area contributed by atoms with E-state index < -0.39 is 0 Å². The molecule has 0 aliphatic carbocycles. The number of nitrogens with zero attached hydrogens (tertiary/aromatic N) is 1. The summed E-state index contributed by atoms with van der Waals surface area (Å²) in [4.78, 5) is 17.6. The van der Waals surface area contributed by atoms with Crippen LogP contribution in [0.25, 0.3) is 10.9 Å². The first-order valence-electron chi connectivity index (χ1n) is 7.73. The molecule has 0 spiro atoms. The van der Waals surface area contributed by atoms with Gasteiger partial charge < -0.3 is 9.88 Å². The second-order valence-corrected chi connectivity index (χ2v) is 5.22. The molecule has 22 heavy (non-hydrogen) atoms. The Hall–Kier alpha value is -2.47. The molecule has 0 atom stereocenters. The highest BCUT2D eigenvalue weighted by Gasteiger charge is 2.17. The Morgan fingerprint density at radius 1 is 1.36 bits per heavy atom. The number of hydrogen-bond acceptors (Lipinski definition) is 1. The molecule has 2 aromatic rings. The van der Waals surface area contributed by atoms with Crippen LogP contribution in [0.1, 0.15) is 32.3 Å². The van der Waals surface area contributed by atoms with Crippen LogP contribution in [-0.4, -0.2) is 22.3 Å². The van der Waals surface area contributed by atoms with Gasteiger partial charge in [-0.1, -0.05) is 44.0 Å². The number of hydrogen-bond donors (Lipinski definition) is 1. The summed E-state index contributed by atoms with van der Waals surface area (Å²) in [7, 11) is 0. The van der Waals surface area contributed by atoms with Crippen LogP contribution in [0.15, 0.2) is 42.2 Å². The normalized spacial score (nSPS) is 11.4. The fourth-order valence-corrected chi connectivity index (χ4v) is 2.58. The van der Waals surface area contributed by atoms with E-state index in [1.54, 1.807) is 4.90 Å². The Bertz CT molecular complexity index is 718. The van der Waals surface area contributed by atoms with Crippen LogP contribution in [-0.2, 0) is 11.2 Å². The van der Waals surface area contributed by atoms with Crippen LogP contribution in [0.5, 0.6) is 0 Å². The molecule has 3 heteroatoms. The smallest absolute Gasteiger partial charge is 0.231 e. The van der Waals surface area contributed by atoms with Crippen molar-refractivity contribution in [3.63, 3.8) is 0 Å². The van der Waals surface area contributed by atoms with E-state index in [1.807, 2.05) is 50.4 Å². The maximum atomic E-state index is 12.7. The molecule has 0 aliphatic heterocycles. The second-order valence-electron chi connectivity index (χ2n) is 5.22. The number of fused-ring (bicyclic) bond motifs is 1. The minimum atomic E-state index is 0.0456.